The molecular formula is C27H22ClNO3. The lowest BCUT2D eigenvalue weighted by Gasteiger charge is -2.11. The molecule has 160 valence electrons. The Labute approximate surface area is 191 Å². The maximum Gasteiger partial charge on any atom is 0.231 e. The molecule has 4 nitrogen and oxygen atoms in total. The number of halogens is 1. The number of ketones is 1. The quantitative estimate of drug-likeness (QED) is 0.318. The maximum absolute atomic E-state index is 13.0. The fourth-order valence-electron chi connectivity index (χ4n) is 4.11. The Hall–Kier alpha value is -3.50. The van der Waals surface area contributed by atoms with E-state index in [0.29, 0.717) is 34.5 Å². The minimum atomic E-state index is -0.113. The summed E-state index contributed by atoms with van der Waals surface area (Å²) in [6, 6.07) is 19.3. The van der Waals surface area contributed by atoms with Crippen LogP contribution in [0.1, 0.15) is 34.0 Å². The van der Waals surface area contributed by atoms with Gasteiger partial charge in [-0.2, -0.15) is 0 Å². The van der Waals surface area contributed by atoms with Gasteiger partial charge < -0.3 is 14.0 Å². The molecule has 1 aliphatic heterocycles. The first-order chi connectivity index (χ1) is 15.5. The molecule has 0 radical (unpaired) electrons. The molecule has 1 aliphatic rings. The molecule has 0 amide bonds. The largest absolute Gasteiger partial charge is 0.488 e. The van der Waals surface area contributed by atoms with Crippen LogP contribution in [-0.2, 0) is 13.2 Å². The lowest BCUT2D eigenvalue weighted by molar-refractivity contribution is 0.101. The van der Waals surface area contributed by atoms with Crippen LogP contribution in [0, 0.1) is 6.92 Å². The first-order valence-corrected chi connectivity index (χ1v) is 11.0. The van der Waals surface area contributed by atoms with Crippen LogP contribution >= 0.6 is 11.6 Å². The highest BCUT2D eigenvalue weighted by molar-refractivity contribution is 6.30. The van der Waals surface area contributed by atoms with E-state index in [-0.39, 0.29) is 5.78 Å². The summed E-state index contributed by atoms with van der Waals surface area (Å²) in [7, 11) is 0. The molecule has 0 N–H and O–H groups in total. The van der Waals surface area contributed by atoms with Crippen LogP contribution < -0.4 is 9.47 Å². The number of carbonyl (C=O) groups is 1. The van der Waals surface area contributed by atoms with Crippen molar-refractivity contribution in [3.05, 3.63) is 99.9 Å². The Balaban J connectivity index is 1.44. The van der Waals surface area contributed by atoms with E-state index in [9.17, 15) is 4.79 Å². The Morgan fingerprint density at radius 2 is 1.94 bits per heavy atom. The number of allylic oxidation sites excluding steroid dienone is 1. The van der Waals surface area contributed by atoms with Crippen molar-refractivity contribution in [3.8, 4) is 11.5 Å². The average molecular weight is 444 g/mol. The van der Waals surface area contributed by atoms with Crippen molar-refractivity contribution < 1.29 is 14.3 Å². The van der Waals surface area contributed by atoms with Crippen molar-refractivity contribution in [3.63, 3.8) is 0 Å². The lowest BCUT2D eigenvalue weighted by atomic mass is 10.1. The van der Waals surface area contributed by atoms with Crippen molar-refractivity contribution in [2.24, 2.45) is 0 Å². The van der Waals surface area contributed by atoms with Crippen molar-refractivity contribution in [1.82, 2.24) is 4.57 Å². The number of hydrogen-bond acceptors (Lipinski definition) is 3. The monoisotopic (exact) mass is 443 g/mol. The van der Waals surface area contributed by atoms with Gasteiger partial charge in [-0.25, -0.2) is 0 Å². The molecule has 1 aromatic heterocycles. The number of carbonyl (C=O) groups excluding carboxylic acids is 1. The SMILES string of the molecule is CCn1cc(C=C2Oc3c(ccc(OCc4cccc(Cl)c4)c3C)C2=O)c2ccccc21. The van der Waals surface area contributed by atoms with Crippen molar-refractivity contribution in [2.45, 2.75) is 27.0 Å². The highest BCUT2D eigenvalue weighted by Gasteiger charge is 2.30. The topological polar surface area (TPSA) is 40.5 Å². The fraction of sp³-hybridized carbons (Fsp3) is 0.148. The van der Waals surface area contributed by atoms with Gasteiger partial charge in [-0.3, -0.25) is 4.79 Å². The van der Waals surface area contributed by atoms with E-state index in [0.717, 1.165) is 34.1 Å². The average Bonchev–Trinajstić information content (AvgIpc) is 3.32. The zero-order valence-corrected chi connectivity index (χ0v) is 18.6. The molecule has 5 heteroatoms. The van der Waals surface area contributed by atoms with Gasteiger partial charge in [-0.15, -0.1) is 0 Å². The summed E-state index contributed by atoms with van der Waals surface area (Å²) >= 11 is 6.06. The molecular weight excluding hydrogens is 422 g/mol. The van der Waals surface area contributed by atoms with Crippen molar-refractivity contribution in [2.75, 3.05) is 0 Å². The van der Waals surface area contributed by atoms with E-state index in [1.807, 2.05) is 55.5 Å². The van der Waals surface area contributed by atoms with Crippen LogP contribution in [0.25, 0.3) is 17.0 Å². The van der Waals surface area contributed by atoms with Gasteiger partial charge in [0.05, 0.1) is 5.56 Å². The van der Waals surface area contributed by atoms with Crippen LogP contribution in [0.2, 0.25) is 5.02 Å². The normalized spacial score (nSPS) is 14.1. The van der Waals surface area contributed by atoms with Crippen molar-refractivity contribution in [1.29, 1.82) is 0 Å². The first-order valence-electron chi connectivity index (χ1n) is 10.6. The Bertz CT molecular complexity index is 1380. The van der Waals surface area contributed by atoms with Crippen LogP contribution in [0.3, 0.4) is 0 Å². The van der Waals surface area contributed by atoms with E-state index in [1.165, 1.54) is 0 Å². The zero-order chi connectivity index (χ0) is 22.2. The molecule has 4 aromatic rings. The van der Waals surface area contributed by atoms with E-state index < -0.39 is 0 Å². The predicted molar refractivity (Wildman–Crippen MR) is 128 cm³/mol. The molecule has 0 saturated carbocycles. The lowest BCUT2D eigenvalue weighted by Crippen LogP contribution is -1.98. The molecule has 0 saturated heterocycles. The number of hydrogen-bond donors (Lipinski definition) is 0. The summed E-state index contributed by atoms with van der Waals surface area (Å²) in [5.74, 6) is 1.45. The molecule has 0 atom stereocenters. The van der Waals surface area contributed by atoms with E-state index in [2.05, 4.69) is 29.8 Å². The first kappa shape index (κ1) is 20.4. The molecule has 32 heavy (non-hydrogen) atoms. The number of aromatic nitrogens is 1. The summed E-state index contributed by atoms with van der Waals surface area (Å²) in [6.45, 7) is 5.24. The number of rotatable bonds is 5. The minimum absolute atomic E-state index is 0.113. The molecule has 3 aromatic carbocycles. The number of benzene rings is 3. The number of fused-ring (bicyclic) bond motifs is 2. The van der Waals surface area contributed by atoms with Crippen LogP contribution in [0.5, 0.6) is 11.5 Å². The molecule has 0 spiro atoms. The van der Waals surface area contributed by atoms with Crippen LogP contribution in [-0.4, -0.2) is 10.4 Å². The number of nitrogens with zero attached hydrogens (tertiary/aromatic N) is 1. The predicted octanol–water partition coefficient (Wildman–Crippen LogP) is 6.82. The summed E-state index contributed by atoms with van der Waals surface area (Å²) in [5.41, 5.74) is 4.44. The van der Waals surface area contributed by atoms with Gasteiger partial charge in [0, 0.05) is 39.8 Å². The number of Topliss-reactive ketones (excluding diaryl/α,β-unsaturated/α-hetero) is 1. The number of ether oxygens (including phenoxy) is 2. The Morgan fingerprint density at radius 3 is 2.75 bits per heavy atom. The second-order valence-corrected chi connectivity index (χ2v) is 8.25. The maximum atomic E-state index is 13.0. The fourth-order valence-corrected chi connectivity index (χ4v) is 4.32. The third-order valence-corrected chi connectivity index (χ3v) is 6.00. The molecule has 0 aliphatic carbocycles. The molecule has 0 fully saturated rings. The van der Waals surface area contributed by atoms with Gasteiger partial charge in [0.15, 0.2) is 5.76 Å². The smallest absolute Gasteiger partial charge is 0.231 e. The Kier molecular flexibility index (Phi) is 5.24. The summed E-state index contributed by atoms with van der Waals surface area (Å²) < 4.78 is 14.2. The van der Waals surface area contributed by atoms with E-state index in [4.69, 9.17) is 21.1 Å². The summed E-state index contributed by atoms with van der Waals surface area (Å²) in [4.78, 5) is 13.0. The second kappa shape index (κ2) is 8.21. The van der Waals surface area contributed by atoms with Gasteiger partial charge in [-0.05, 0) is 55.8 Å². The van der Waals surface area contributed by atoms with Crippen LogP contribution in [0.15, 0.2) is 72.6 Å². The molecule has 0 unspecified atom stereocenters. The number of aryl methyl sites for hydroxylation is 1. The third-order valence-electron chi connectivity index (χ3n) is 5.77. The molecule has 0 bridgehead atoms. The summed E-state index contributed by atoms with van der Waals surface area (Å²) in [6.07, 6.45) is 3.90. The van der Waals surface area contributed by atoms with E-state index >= 15 is 0 Å². The minimum Gasteiger partial charge on any atom is -0.488 e. The Morgan fingerprint density at radius 1 is 1.09 bits per heavy atom. The van der Waals surface area contributed by atoms with Gasteiger partial charge >= 0.3 is 0 Å². The van der Waals surface area contributed by atoms with Crippen molar-refractivity contribution >= 4 is 34.4 Å². The van der Waals surface area contributed by atoms with Crippen LogP contribution in [0.4, 0.5) is 0 Å². The highest BCUT2D eigenvalue weighted by atomic mass is 35.5. The van der Waals surface area contributed by atoms with Gasteiger partial charge in [-0.1, -0.05) is 41.9 Å². The number of para-hydroxylation sites is 1. The third kappa shape index (κ3) is 3.57. The molecule has 2 heterocycles. The van der Waals surface area contributed by atoms with Gasteiger partial charge in [0.2, 0.25) is 5.78 Å². The molecule has 5 rings (SSSR count). The van der Waals surface area contributed by atoms with Gasteiger partial charge in [0.25, 0.3) is 0 Å². The summed E-state index contributed by atoms with van der Waals surface area (Å²) in [5, 5.41) is 1.77. The standard InChI is InChI=1S/C27H22ClNO3/c1-3-29-15-19(21-9-4-5-10-23(21)29)14-25-26(30)22-11-12-24(17(2)27(22)32-25)31-16-18-7-6-8-20(28)13-18/h4-15H,3,16H2,1-2H3. The van der Waals surface area contributed by atoms with E-state index in [1.54, 1.807) is 6.07 Å². The zero-order valence-electron chi connectivity index (χ0n) is 17.9. The van der Waals surface area contributed by atoms with Gasteiger partial charge in [0.1, 0.15) is 18.1 Å². The highest BCUT2D eigenvalue weighted by Crippen LogP contribution is 2.40. The second-order valence-electron chi connectivity index (χ2n) is 7.81.